The fraction of sp³-hybridized carbons (Fsp3) is 0.235. The molecule has 2 N–H and O–H groups in total. The molecule has 4 rings (SSSR count). The lowest BCUT2D eigenvalue weighted by atomic mass is 9.96. The number of hydrogen-bond acceptors (Lipinski definition) is 3. The summed E-state index contributed by atoms with van der Waals surface area (Å²) in [6, 6.07) is 12.6. The predicted molar refractivity (Wildman–Crippen MR) is 80.8 cm³/mol. The van der Waals surface area contributed by atoms with Gasteiger partial charge in [0.15, 0.2) is 5.76 Å². The van der Waals surface area contributed by atoms with E-state index < -0.39 is 0 Å². The molecule has 21 heavy (non-hydrogen) atoms. The SMILES string of the molecule is Cc1[nH]c(C2Cc3ccccc3CN2)nc1-c1ccco1. The van der Waals surface area contributed by atoms with E-state index in [1.807, 2.05) is 19.1 Å². The highest BCUT2D eigenvalue weighted by Crippen LogP contribution is 2.28. The molecule has 3 aromatic rings. The van der Waals surface area contributed by atoms with Crippen molar-refractivity contribution in [2.45, 2.75) is 25.9 Å². The fourth-order valence-electron chi connectivity index (χ4n) is 2.95. The van der Waals surface area contributed by atoms with Gasteiger partial charge < -0.3 is 14.7 Å². The number of aromatic nitrogens is 2. The van der Waals surface area contributed by atoms with Gasteiger partial charge in [-0.3, -0.25) is 0 Å². The lowest BCUT2D eigenvalue weighted by Gasteiger charge is -2.24. The van der Waals surface area contributed by atoms with E-state index in [9.17, 15) is 0 Å². The Morgan fingerprint density at radius 1 is 1.14 bits per heavy atom. The van der Waals surface area contributed by atoms with Crippen LogP contribution in [0.1, 0.15) is 28.7 Å². The van der Waals surface area contributed by atoms with Crippen molar-refractivity contribution in [1.82, 2.24) is 15.3 Å². The lowest BCUT2D eigenvalue weighted by molar-refractivity contribution is 0.479. The van der Waals surface area contributed by atoms with Crippen molar-refractivity contribution < 1.29 is 4.42 Å². The third kappa shape index (κ3) is 2.17. The van der Waals surface area contributed by atoms with Gasteiger partial charge in [-0.25, -0.2) is 4.98 Å². The van der Waals surface area contributed by atoms with Gasteiger partial charge >= 0.3 is 0 Å². The molecule has 4 heteroatoms. The normalized spacial score (nSPS) is 17.7. The Labute approximate surface area is 123 Å². The van der Waals surface area contributed by atoms with Crippen LogP contribution in [0.4, 0.5) is 0 Å². The van der Waals surface area contributed by atoms with Gasteiger partial charge in [-0.15, -0.1) is 0 Å². The lowest BCUT2D eigenvalue weighted by Crippen LogP contribution is -2.29. The number of furan rings is 1. The van der Waals surface area contributed by atoms with Gasteiger partial charge in [-0.1, -0.05) is 24.3 Å². The van der Waals surface area contributed by atoms with Crippen molar-refractivity contribution >= 4 is 0 Å². The van der Waals surface area contributed by atoms with Gasteiger partial charge in [-0.05, 0) is 36.6 Å². The molecular formula is C17H17N3O. The number of aromatic amines is 1. The van der Waals surface area contributed by atoms with Crippen molar-refractivity contribution in [2.24, 2.45) is 0 Å². The highest BCUT2D eigenvalue weighted by Gasteiger charge is 2.23. The van der Waals surface area contributed by atoms with E-state index in [2.05, 4.69) is 34.6 Å². The van der Waals surface area contributed by atoms with Crippen molar-refractivity contribution in [3.8, 4) is 11.5 Å². The smallest absolute Gasteiger partial charge is 0.154 e. The highest BCUT2D eigenvalue weighted by molar-refractivity contribution is 5.55. The monoisotopic (exact) mass is 279 g/mol. The molecule has 0 saturated heterocycles. The maximum absolute atomic E-state index is 5.45. The number of hydrogen-bond donors (Lipinski definition) is 2. The summed E-state index contributed by atoms with van der Waals surface area (Å²) in [5.41, 5.74) is 4.72. The van der Waals surface area contributed by atoms with E-state index in [0.717, 1.165) is 35.9 Å². The molecular weight excluding hydrogens is 262 g/mol. The van der Waals surface area contributed by atoms with Crippen molar-refractivity contribution in [3.05, 3.63) is 65.3 Å². The molecule has 2 aromatic heterocycles. The van der Waals surface area contributed by atoms with Crippen molar-refractivity contribution in [2.75, 3.05) is 0 Å². The summed E-state index contributed by atoms with van der Waals surface area (Å²) < 4.78 is 5.45. The van der Waals surface area contributed by atoms with Crippen molar-refractivity contribution in [3.63, 3.8) is 0 Å². The van der Waals surface area contributed by atoms with Crippen LogP contribution in [-0.2, 0) is 13.0 Å². The summed E-state index contributed by atoms with van der Waals surface area (Å²) in [6.07, 6.45) is 2.64. The van der Waals surface area contributed by atoms with Crippen LogP contribution in [0.5, 0.6) is 0 Å². The zero-order valence-corrected chi connectivity index (χ0v) is 11.9. The number of fused-ring (bicyclic) bond motifs is 1. The molecule has 1 aromatic carbocycles. The Morgan fingerprint density at radius 3 is 2.81 bits per heavy atom. The zero-order valence-electron chi connectivity index (χ0n) is 11.9. The summed E-state index contributed by atoms with van der Waals surface area (Å²) in [5.74, 6) is 1.79. The Balaban J connectivity index is 1.65. The van der Waals surface area contributed by atoms with Crippen LogP contribution in [0.25, 0.3) is 11.5 Å². The minimum Gasteiger partial charge on any atom is -0.463 e. The van der Waals surface area contributed by atoms with E-state index in [0.29, 0.717) is 0 Å². The predicted octanol–water partition coefficient (Wildman–Crippen LogP) is 3.37. The van der Waals surface area contributed by atoms with E-state index >= 15 is 0 Å². The van der Waals surface area contributed by atoms with Crippen molar-refractivity contribution in [1.29, 1.82) is 0 Å². The van der Waals surface area contributed by atoms with E-state index in [1.54, 1.807) is 6.26 Å². The van der Waals surface area contributed by atoms with Gasteiger partial charge in [0.1, 0.15) is 11.5 Å². The topological polar surface area (TPSA) is 53.9 Å². The summed E-state index contributed by atoms with van der Waals surface area (Å²) in [7, 11) is 0. The molecule has 0 bridgehead atoms. The molecule has 1 atom stereocenters. The van der Waals surface area contributed by atoms with Crippen LogP contribution in [0.2, 0.25) is 0 Å². The molecule has 0 fully saturated rings. The fourth-order valence-corrected chi connectivity index (χ4v) is 2.95. The second kappa shape index (κ2) is 4.90. The molecule has 0 spiro atoms. The largest absolute Gasteiger partial charge is 0.463 e. The standard InChI is InChI=1S/C17H17N3O/c1-11-16(15-7-4-8-21-15)20-17(19-11)14-9-12-5-2-3-6-13(12)10-18-14/h2-8,14,18H,9-10H2,1H3,(H,19,20). The second-order valence-corrected chi connectivity index (χ2v) is 5.48. The molecule has 1 unspecified atom stereocenters. The third-order valence-electron chi connectivity index (χ3n) is 4.07. The number of nitrogens with one attached hydrogen (secondary N) is 2. The van der Waals surface area contributed by atoms with Crippen LogP contribution in [0, 0.1) is 6.92 Å². The van der Waals surface area contributed by atoms with Crippen LogP contribution in [0.3, 0.4) is 0 Å². The minimum absolute atomic E-state index is 0.224. The Morgan fingerprint density at radius 2 is 2.00 bits per heavy atom. The van der Waals surface area contributed by atoms with Gasteiger partial charge in [0, 0.05) is 12.2 Å². The first-order valence-corrected chi connectivity index (χ1v) is 7.22. The highest BCUT2D eigenvalue weighted by atomic mass is 16.3. The Bertz CT molecular complexity index is 758. The molecule has 1 aliphatic heterocycles. The van der Waals surface area contributed by atoms with Crippen LogP contribution in [0.15, 0.2) is 47.1 Å². The average Bonchev–Trinajstić information content (AvgIpc) is 3.16. The summed E-state index contributed by atoms with van der Waals surface area (Å²) in [5, 5.41) is 3.55. The van der Waals surface area contributed by atoms with Gasteiger partial charge in [0.25, 0.3) is 0 Å². The maximum atomic E-state index is 5.45. The molecule has 0 aliphatic carbocycles. The minimum atomic E-state index is 0.224. The number of benzene rings is 1. The first kappa shape index (κ1) is 12.4. The van der Waals surface area contributed by atoms with E-state index in [1.165, 1.54) is 11.1 Å². The molecule has 4 nitrogen and oxygen atoms in total. The first-order chi connectivity index (χ1) is 10.3. The third-order valence-corrected chi connectivity index (χ3v) is 4.07. The molecule has 1 aliphatic rings. The van der Waals surface area contributed by atoms with Gasteiger partial charge in [0.2, 0.25) is 0 Å². The first-order valence-electron chi connectivity index (χ1n) is 7.22. The number of aryl methyl sites for hydroxylation is 1. The summed E-state index contributed by atoms with van der Waals surface area (Å²) in [6.45, 7) is 2.92. The molecule has 0 amide bonds. The quantitative estimate of drug-likeness (QED) is 0.756. The van der Waals surface area contributed by atoms with Gasteiger partial charge in [0.05, 0.1) is 12.3 Å². The second-order valence-electron chi connectivity index (χ2n) is 5.48. The number of rotatable bonds is 2. The molecule has 0 radical (unpaired) electrons. The van der Waals surface area contributed by atoms with Gasteiger partial charge in [-0.2, -0.15) is 0 Å². The number of imidazole rings is 1. The summed E-state index contributed by atoms with van der Waals surface area (Å²) in [4.78, 5) is 8.14. The number of nitrogens with zero attached hydrogens (tertiary/aromatic N) is 1. The van der Waals surface area contributed by atoms with Crippen LogP contribution in [-0.4, -0.2) is 9.97 Å². The maximum Gasteiger partial charge on any atom is 0.154 e. The average molecular weight is 279 g/mol. The molecule has 106 valence electrons. The van der Waals surface area contributed by atoms with E-state index in [-0.39, 0.29) is 6.04 Å². The Hall–Kier alpha value is -2.33. The molecule has 0 saturated carbocycles. The van der Waals surface area contributed by atoms with Crippen LogP contribution < -0.4 is 5.32 Å². The van der Waals surface area contributed by atoms with Crippen LogP contribution >= 0.6 is 0 Å². The summed E-state index contributed by atoms with van der Waals surface area (Å²) >= 11 is 0. The number of H-pyrrole nitrogens is 1. The molecule has 3 heterocycles. The van der Waals surface area contributed by atoms with E-state index in [4.69, 9.17) is 9.40 Å². The Kier molecular flexibility index (Phi) is 2.89. The zero-order chi connectivity index (χ0) is 14.2.